The number of aromatic amines is 1. The Bertz CT molecular complexity index is 1440. The number of hydrogen-bond acceptors (Lipinski definition) is 5. The Morgan fingerprint density at radius 3 is 2.62 bits per heavy atom. The summed E-state index contributed by atoms with van der Waals surface area (Å²) in [5, 5.41) is 2.99. The summed E-state index contributed by atoms with van der Waals surface area (Å²) in [6.07, 6.45) is 0.683. The molecular weight excluding hydrogens is 408 g/mol. The molecule has 0 atom stereocenters. The summed E-state index contributed by atoms with van der Waals surface area (Å²) < 4.78 is 3.34. The van der Waals surface area contributed by atoms with E-state index in [0.29, 0.717) is 24.5 Å². The van der Waals surface area contributed by atoms with Crippen LogP contribution in [-0.4, -0.2) is 30.0 Å². The van der Waals surface area contributed by atoms with Crippen molar-refractivity contribution in [1.29, 1.82) is 0 Å². The van der Waals surface area contributed by atoms with Crippen LogP contribution in [0, 0.1) is 0 Å². The third kappa shape index (κ3) is 3.70. The van der Waals surface area contributed by atoms with Gasteiger partial charge in [0.15, 0.2) is 5.65 Å². The summed E-state index contributed by atoms with van der Waals surface area (Å²) in [5.74, 6) is 0.285. The Kier molecular flexibility index (Phi) is 5.65. The van der Waals surface area contributed by atoms with Gasteiger partial charge >= 0.3 is 5.69 Å². The second kappa shape index (κ2) is 8.41. The molecule has 166 valence electrons. The first-order valence-electron chi connectivity index (χ1n) is 10.7. The molecule has 32 heavy (non-hydrogen) atoms. The van der Waals surface area contributed by atoms with Crippen LogP contribution >= 0.6 is 0 Å². The van der Waals surface area contributed by atoms with Crippen LogP contribution in [0.3, 0.4) is 0 Å². The van der Waals surface area contributed by atoms with E-state index in [9.17, 15) is 14.4 Å². The highest BCUT2D eigenvalue weighted by atomic mass is 16.2. The predicted octanol–water partition coefficient (Wildman–Crippen LogP) is 2.43. The van der Waals surface area contributed by atoms with Gasteiger partial charge in [0.2, 0.25) is 0 Å². The highest BCUT2D eigenvalue weighted by molar-refractivity contribution is 6.05. The van der Waals surface area contributed by atoms with Crippen molar-refractivity contribution in [3.05, 3.63) is 68.3 Å². The summed E-state index contributed by atoms with van der Waals surface area (Å²) in [5.41, 5.74) is 1.74. The van der Waals surface area contributed by atoms with Gasteiger partial charge < -0.3 is 9.88 Å². The van der Waals surface area contributed by atoms with Gasteiger partial charge in [0.25, 0.3) is 11.5 Å². The number of nitrogens with zero attached hydrogens (tertiary/aromatic N) is 4. The first-order chi connectivity index (χ1) is 15.3. The Morgan fingerprint density at radius 1 is 1.19 bits per heavy atom. The molecule has 0 radical (unpaired) electrons. The van der Waals surface area contributed by atoms with E-state index in [2.05, 4.69) is 20.3 Å². The van der Waals surface area contributed by atoms with Crippen molar-refractivity contribution in [2.75, 3.05) is 0 Å². The predicted molar refractivity (Wildman–Crippen MR) is 123 cm³/mol. The number of carbonyl (C=O) groups excluding carboxylic acids is 1. The molecule has 9 nitrogen and oxygen atoms in total. The zero-order valence-corrected chi connectivity index (χ0v) is 18.6. The summed E-state index contributed by atoms with van der Waals surface area (Å²) in [7, 11) is 1.89. The SMILES string of the molecule is CCCn1c(=O)[nH]c(=O)c2c(C(=O)NCc3nc4ccccc4n3C)cc(C(C)C)nc21. The van der Waals surface area contributed by atoms with E-state index in [-0.39, 0.29) is 29.1 Å². The number of para-hydroxylation sites is 2. The highest BCUT2D eigenvalue weighted by Gasteiger charge is 2.21. The molecule has 0 unspecified atom stereocenters. The van der Waals surface area contributed by atoms with Gasteiger partial charge in [-0.2, -0.15) is 0 Å². The minimum absolute atomic E-state index is 0.00950. The summed E-state index contributed by atoms with van der Waals surface area (Å²) in [6, 6.07) is 9.36. The molecule has 0 fully saturated rings. The van der Waals surface area contributed by atoms with Gasteiger partial charge in [-0.25, -0.2) is 14.8 Å². The quantitative estimate of drug-likeness (QED) is 0.484. The standard InChI is InChI=1S/C23H26N6O3/c1-5-10-29-20-19(22(31)27-23(29)32)14(11-16(26-20)13(2)3)21(30)24-12-18-25-15-8-6-7-9-17(15)28(18)4/h6-9,11,13H,5,10,12H2,1-4H3,(H,24,30)(H,27,31,32). The van der Waals surface area contributed by atoms with Crippen LogP contribution in [0.15, 0.2) is 39.9 Å². The number of rotatable bonds is 6. The van der Waals surface area contributed by atoms with Crippen LogP contribution < -0.4 is 16.6 Å². The number of H-pyrrole nitrogens is 1. The van der Waals surface area contributed by atoms with E-state index in [1.54, 1.807) is 6.07 Å². The van der Waals surface area contributed by atoms with Crippen molar-refractivity contribution in [2.24, 2.45) is 7.05 Å². The second-order valence-electron chi connectivity index (χ2n) is 8.12. The summed E-state index contributed by atoms with van der Waals surface area (Å²) in [4.78, 5) is 49.8. The van der Waals surface area contributed by atoms with Gasteiger partial charge in [-0.1, -0.05) is 32.9 Å². The molecule has 2 N–H and O–H groups in total. The lowest BCUT2D eigenvalue weighted by Gasteiger charge is -2.14. The summed E-state index contributed by atoms with van der Waals surface area (Å²) in [6.45, 7) is 6.41. The number of nitrogens with one attached hydrogen (secondary N) is 2. The van der Waals surface area contributed by atoms with Crippen LogP contribution in [0.1, 0.15) is 55.0 Å². The van der Waals surface area contributed by atoms with E-state index in [1.165, 1.54) is 4.57 Å². The lowest BCUT2D eigenvalue weighted by atomic mass is 10.0. The van der Waals surface area contributed by atoms with Gasteiger partial charge in [-0.15, -0.1) is 0 Å². The third-order valence-corrected chi connectivity index (χ3v) is 5.54. The van der Waals surface area contributed by atoms with Crippen LogP contribution in [0.4, 0.5) is 0 Å². The number of hydrogen-bond donors (Lipinski definition) is 2. The van der Waals surface area contributed by atoms with Gasteiger partial charge in [0.05, 0.1) is 28.5 Å². The molecule has 0 aliphatic carbocycles. The average Bonchev–Trinajstić information content (AvgIpc) is 3.09. The lowest BCUT2D eigenvalue weighted by Crippen LogP contribution is -2.33. The van der Waals surface area contributed by atoms with E-state index in [0.717, 1.165) is 11.0 Å². The zero-order valence-electron chi connectivity index (χ0n) is 18.6. The van der Waals surface area contributed by atoms with Crippen molar-refractivity contribution >= 4 is 28.0 Å². The molecule has 0 aliphatic rings. The maximum atomic E-state index is 13.2. The topological polar surface area (TPSA) is 115 Å². The molecule has 9 heteroatoms. The molecular formula is C23H26N6O3. The number of pyridine rings is 1. The van der Waals surface area contributed by atoms with Crippen LogP contribution in [0.5, 0.6) is 0 Å². The Balaban J connectivity index is 1.79. The molecule has 0 saturated carbocycles. The molecule has 1 aromatic carbocycles. The van der Waals surface area contributed by atoms with Gasteiger partial charge in [0.1, 0.15) is 5.82 Å². The molecule has 0 aliphatic heterocycles. The van der Waals surface area contributed by atoms with Crippen molar-refractivity contribution in [3.63, 3.8) is 0 Å². The molecule has 3 heterocycles. The smallest absolute Gasteiger partial charge is 0.329 e. The van der Waals surface area contributed by atoms with Crippen molar-refractivity contribution in [1.82, 2.24) is 29.4 Å². The van der Waals surface area contributed by atoms with Crippen LogP contribution in [0.2, 0.25) is 0 Å². The number of aromatic nitrogens is 5. The van der Waals surface area contributed by atoms with E-state index >= 15 is 0 Å². The Morgan fingerprint density at radius 2 is 1.94 bits per heavy atom. The van der Waals surface area contributed by atoms with Crippen LogP contribution in [0.25, 0.3) is 22.1 Å². The molecule has 4 rings (SSSR count). The summed E-state index contributed by atoms with van der Waals surface area (Å²) >= 11 is 0. The minimum atomic E-state index is -0.618. The van der Waals surface area contributed by atoms with E-state index < -0.39 is 17.2 Å². The molecule has 1 amide bonds. The number of carbonyl (C=O) groups is 1. The third-order valence-electron chi connectivity index (χ3n) is 5.54. The van der Waals surface area contributed by atoms with Gasteiger partial charge in [0, 0.05) is 19.3 Å². The minimum Gasteiger partial charge on any atom is -0.345 e. The first-order valence-corrected chi connectivity index (χ1v) is 10.7. The van der Waals surface area contributed by atoms with Gasteiger partial charge in [-0.3, -0.25) is 19.1 Å². The molecule has 4 aromatic rings. The average molecular weight is 435 g/mol. The number of imidazole rings is 1. The Hall–Kier alpha value is -3.75. The second-order valence-corrected chi connectivity index (χ2v) is 8.12. The fraction of sp³-hybridized carbons (Fsp3) is 0.348. The number of fused-ring (bicyclic) bond motifs is 2. The van der Waals surface area contributed by atoms with Crippen molar-refractivity contribution in [2.45, 2.75) is 46.2 Å². The normalized spacial score (nSPS) is 11.5. The maximum absolute atomic E-state index is 13.2. The molecule has 0 saturated heterocycles. The maximum Gasteiger partial charge on any atom is 0.329 e. The first kappa shape index (κ1) is 21.5. The number of aryl methyl sites for hydroxylation is 2. The van der Waals surface area contributed by atoms with Crippen LogP contribution in [-0.2, 0) is 20.1 Å². The van der Waals surface area contributed by atoms with Gasteiger partial charge in [-0.05, 0) is 30.5 Å². The lowest BCUT2D eigenvalue weighted by molar-refractivity contribution is 0.0951. The fourth-order valence-electron chi connectivity index (χ4n) is 3.81. The number of amides is 1. The van der Waals surface area contributed by atoms with Crippen molar-refractivity contribution in [3.8, 4) is 0 Å². The fourth-order valence-corrected chi connectivity index (χ4v) is 3.81. The van der Waals surface area contributed by atoms with E-state index in [1.807, 2.05) is 56.7 Å². The largest absolute Gasteiger partial charge is 0.345 e. The van der Waals surface area contributed by atoms with E-state index in [4.69, 9.17) is 0 Å². The highest BCUT2D eigenvalue weighted by Crippen LogP contribution is 2.20. The zero-order chi connectivity index (χ0) is 23.0. The number of benzene rings is 1. The molecule has 0 bridgehead atoms. The monoisotopic (exact) mass is 434 g/mol. The Labute approximate surface area is 184 Å². The molecule has 0 spiro atoms. The molecule has 3 aromatic heterocycles. The van der Waals surface area contributed by atoms with Crippen molar-refractivity contribution < 1.29 is 4.79 Å².